The first-order chi connectivity index (χ1) is 15.1. The number of aromatic nitrogens is 2. The molecule has 0 saturated heterocycles. The van der Waals surface area contributed by atoms with Gasteiger partial charge in [0.25, 0.3) is 5.91 Å². The smallest absolute Gasteiger partial charge is 0.268 e. The van der Waals surface area contributed by atoms with E-state index in [9.17, 15) is 19.1 Å². The first-order valence-corrected chi connectivity index (χ1v) is 11.3. The molecule has 0 radical (unpaired) electrons. The number of carbonyl (C=O) groups excluding carboxylic acids is 2. The monoisotopic (exact) mass is 442 g/mol. The number of aliphatic hydroxyl groups is 1. The molecule has 2 atom stereocenters. The normalized spacial score (nSPS) is 20.3. The Labute approximate surface area is 187 Å². The zero-order chi connectivity index (χ0) is 23.0. The van der Waals surface area contributed by atoms with Crippen molar-refractivity contribution in [1.29, 1.82) is 0 Å². The number of aromatic amines is 1. The van der Waals surface area contributed by atoms with Crippen LogP contribution >= 0.6 is 0 Å². The molecule has 2 amide bonds. The third-order valence-corrected chi connectivity index (χ3v) is 6.52. The van der Waals surface area contributed by atoms with E-state index in [0.29, 0.717) is 30.1 Å². The van der Waals surface area contributed by atoms with Crippen LogP contribution in [-0.4, -0.2) is 32.9 Å². The van der Waals surface area contributed by atoms with Crippen molar-refractivity contribution in [1.82, 2.24) is 15.3 Å². The van der Waals surface area contributed by atoms with Gasteiger partial charge >= 0.3 is 0 Å². The van der Waals surface area contributed by atoms with Crippen molar-refractivity contribution in [3.8, 4) is 0 Å². The fourth-order valence-electron chi connectivity index (χ4n) is 4.65. The minimum atomic E-state index is -0.728. The third kappa shape index (κ3) is 5.01. The van der Waals surface area contributed by atoms with Gasteiger partial charge in [-0.25, -0.2) is 4.98 Å². The summed E-state index contributed by atoms with van der Waals surface area (Å²) in [4.78, 5) is 32.8. The summed E-state index contributed by atoms with van der Waals surface area (Å²) in [5.41, 5.74) is 3.11. The average Bonchev–Trinajstić information content (AvgIpc) is 3.48. The molecule has 7 nitrogen and oxygen atoms in total. The van der Waals surface area contributed by atoms with Crippen molar-refractivity contribution in [3.63, 3.8) is 0 Å². The van der Waals surface area contributed by atoms with Gasteiger partial charge in [0.05, 0.1) is 18.0 Å². The maximum Gasteiger partial charge on any atom is 0.268 e. The molecule has 0 bridgehead atoms. The van der Waals surface area contributed by atoms with E-state index in [0.717, 1.165) is 42.5 Å². The van der Waals surface area contributed by atoms with Gasteiger partial charge in [0.1, 0.15) is 11.7 Å². The van der Waals surface area contributed by atoms with Gasteiger partial charge in [0.15, 0.2) is 0 Å². The lowest BCUT2D eigenvalue weighted by Gasteiger charge is -2.33. The first-order valence-electron chi connectivity index (χ1n) is 11.3. The summed E-state index contributed by atoms with van der Waals surface area (Å²) in [7, 11) is 0. The zero-order valence-electron chi connectivity index (χ0n) is 18.8. The SMILES string of the molecule is Cc1c(C(=O)NC(CCC2CC2)C(=O)Nc2ccc(F)nc2)[nH]c2c1C(O)CC(C)(C)C2. The molecule has 2 heterocycles. The second kappa shape index (κ2) is 8.65. The van der Waals surface area contributed by atoms with E-state index in [4.69, 9.17) is 0 Å². The summed E-state index contributed by atoms with van der Waals surface area (Å²) in [6.07, 6.45) is 5.69. The largest absolute Gasteiger partial charge is 0.388 e. The Hall–Kier alpha value is -2.74. The highest BCUT2D eigenvalue weighted by Crippen LogP contribution is 2.42. The van der Waals surface area contributed by atoms with Gasteiger partial charge in [-0.05, 0) is 61.6 Å². The Morgan fingerprint density at radius 3 is 2.75 bits per heavy atom. The predicted molar refractivity (Wildman–Crippen MR) is 119 cm³/mol. The Balaban J connectivity index is 1.51. The number of anilines is 1. The second-order valence-corrected chi connectivity index (χ2v) is 9.98. The molecular formula is C24H31FN4O3. The summed E-state index contributed by atoms with van der Waals surface area (Å²) in [5, 5.41) is 16.2. The van der Waals surface area contributed by atoms with Gasteiger partial charge in [-0.3, -0.25) is 9.59 Å². The maximum absolute atomic E-state index is 13.2. The number of halogens is 1. The number of H-pyrrole nitrogens is 1. The van der Waals surface area contributed by atoms with Crippen LogP contribution in [0.5, 0.6) is 0 Å². The molecule has 2 aromatic heterocycles. The summed E-state index contributed by atoms with van der Waals surface area (Å²) in [5.74, 6) is -0.748. The lowest BCUT2D eigenvalue weighted by Crippen LogP contribution is -2.44. The van der Waals surface area contributed by atoms with Crippen LogP contribution < -0.4 is 10.6 Å². The van der Waals surface area contributed by atoms with Gasteiger partial charge in [0, 0.05) is 11.3 Å². The summed E-state index contributed by atoms with van der Waals surface area (Å²) >= 11 is 0. The average molecular weight is 443 g/mol. The second-order valence-electron chi connectivity index (χ2n) is 9.98. The van der Waals surface area contributed by atoms with Crippen molar-refractivity contribution in [3.05, 3.63) is 46.8 Å². The molecule has 2 unspecified atom stereocenters. The fourth-order valence-corrected chi connectivity index (χ4v) is 4.65. The highest BCUT2D eigenvalue weighted by molar-refractivity contribution is 6.01. The Kier molecular flexibility index (Phi) is 6.07. The summed E-state index contributed by atoms with van der Waals surface area (Å²) in [6.45, 7) is 6.02. The van der Waals surface area contributed by atoms with Gasteiger partial charge in [-0.2, -0.15) is 4.39 Å². The Bertz CT molecular complexity index is 1010. The number of rotatable bonds is 7. The number of nitrogens with zero attached hydrogens (tertiary/aromatic N) is 1. The molecule has 32 heavy (non-hydrogen) atoms. The van der Waals surface area contributed by atoms with Gasteiger partial charge in [-0.15, -0.1) is 0 Å². The first kappa shape index (κ1) is 22.5. The van der Waals surface area contributed by atoms with E-state index in [-0.39, 0.29) is 17.2 Å². The van der Waals surface area contributed by atoms with Crippen LogP contribution in [-0.2, 0) is 11.2 Å². The maximum atomic E-state index is 13.2. The van der Waals surface area contributed by atoms with Gasteiger partial charge in [0.2, 0.25) is 11.9 Å². The third-order valence-electron chi connectivity index (χ3n) is 6.52. The minimum Gasteiger partial charge on any atom is -0.388 e. The van der Waals surface area contributed by atoms with Crippen molar-refractivity contribution < 1.29 is 19.1 Å². The number of hydrogen-bond donors (Lipinski definition) is 4. The molecule has 4 rings (SSSR count). The van der Waals surface area contributed by atoms with Crippen LogP contribution in [0.25, 0.3) is 0 Å². The van der Waals surface area contributed by atoms with Crippen LogP contribution in [0.2, 0.25) is 0 Å². The number of amides is 2. The van der Waals surface area contributed by atoms with Crippen LogP contribution in [0, 0.1) is 24.2 Å². The number of hydrogen-bond acceptors (Lipinski definition) is 4. The highest BCUT2D eigenvalue weighted by atomic mass is 19.1. The quantitative estimate of drug-likeness (QED) is 0.489. The minimum absolute atomic E-state index is 0.0622. The molecule has 1 fully saturated rings. The van der Waals surface area contributed by atoms with E-state index < -0.39 is 18.1 Å². The number of nitrogens with one attached hydrogen (secondary N) is 3. The number of aliphatic hydroxyl groups excluding tert-OH is 1. The van der Waals surface area contributed by atoms with Gasteiger partial charge < -0.3 is 20.7 Å². The van der Waals surface area contributed by atoms with Crippen molar-refractivity contribution in [2.24, 2.45) is 11.3 Å². The number of pyridine rings is 1. The van der Waals surface area contributed by atoms with Crippen molar-refractivity contribution >= 4 is 17.5 Å². The van der Waals surface area contributed by atoms with Gasteiger partial charge in [-0.1, -0.05) is 26.7 Å². The summed E-state index contributed by atoms with van der Waals surface area (Å²) in [6, 6.07) is 1.88. The lowest BCUT2D eigenvalue weighted by molar-refractivity contribution is -0.118. The Morgan fingerprint density at radius 1 is 1.34 bits per heavy atom. The lowest BCUT2D eigenvalue weighted by atomic mass is 9.75. The molecule has 2 aliphatic carbocycles. The predicted octanol–water partition coefficient (Wildman–Crippen LogP) is 3.79. The molecular weight excluding hydrogens is 411 g/mol. The molecule has 2 aromatic rings. The van der Waals surface area contributed by atoms with Crippen LogP contribution in [0.3, 0.4) is 0 Å². The molecule has 2 aliphatic rings. The molecule has 0 aromatic carbocycles. The Morgan fingerprint density at radius 2 is 2.09 bits per heavy atom. The van der Waals surface area contributed by atoms with Crippen LogP contribution in [0.15, 0.2) is 18.3 Å². The van der Waals surface area contributed by atoms with Crippen molar-refractivity contribution in [2.75, 3.05) is 5.32 Å². The van der Waals surface area contributed by atoms with E-state index in [1.165, 1.54) is 18.3 Å². The molecule has 172 valence electrons. The van der Waals surface area contributed by atoms with E-state index in [1.54, 1.807) is 0 Å². The highest BCUT2D eigenvalue weighted by Gasteiger charge is 2.36. The fraction of sp³-hybridized carbons (Fsp3) is 0.542. The van der Waals surface area contributed by atoms with E-state index >= 15 is 0 Å². The molecule has 4 N–H and O–H groups in total. The van der Waals surface area contributed by atoms with Crippen LogP contribution in [0.4, 0.5) is 10.1 Å². The summed E-state index contributed by atoms with van der Waals surface area (Å²) < 4.78 is 13.1. The number of fused-ring (bicyclic) bond motifs is 1. The molecule has 0 aliphatic heterocycles. The number of carbonyl (C=O) groups is 2. The zero-order valence-corrected chi connectivity index (χ0v) is 18.8. The molecule has 1 saturated carbocycles. The van der Waals surface area contributed by atoms with Crippen molar-refractivity contribution in [2.45, 2.75) is 71.4 Å². The van der Waals surface area contributed by atoms with E-state index in [1.807, 2.05) is 6.92 Å². The molecule has 0 spiro atoms. The van der Waals surface area contributed by atoms with Crippen LogP contribution in [0.1, 0.15) is 79.4 Å². The van der Waals surface area contributed by atoms with E-state index in [2.05, 4.69) is 34.4 Å². The standard InChI is InChI=1S/C24H31FN4O3/c1-13-20-17(10-24(2,3)11-18(20)30)28-21(13)23(32)29-16(8-6-14-4-5-14)22(31)27-15-7-9-19(25)26-12-15/h7,9,12,14,16,18,28,30H,4-6,8,10-11H2,1-3H3,(H,27,31)(H,29,32). The molecule has 8 heteroatoms. The topological polar surface area (TPSA) is 107 Å².